The number of fused-ring (bicyclic) bond motifs is 1. The van der Waals surface area contributed by atoms with Crippen molar-refractivity contribution in [2.45, 2.75) is 57.5 Å². The van der Waals surface area contributed by atoms with Gasteiger partial charge in [-0.15, -0.1) is 0 Å². The lowest BCUT2D eigenvalue weighted by Gasteiger charge is -2.28. The van der Waals surface area contributed by atoms with Crippen LogP contribution in [0, 0.1) is 5.92 Å². The summed E-state index contributed by atoms with van der Waals surface area (Å²) >= 11 is 0. The minimum absolute atomic E-state index is 0.273. The fourth-order valence-electron chi connectivity index (χ4n) is 3.75. The molecular formula is C19H29NO2. The second-order valence-corrected chi connectivity index (χ2v) is 6.74. The highest BCUT2D eigenvalue weighted by atomic mass is 16.5. The maximum atomic E-state index is 6.18. The summed E-state index contributed by atoms with van der Waals surface area (Å²) in [6.07, 6.45) is 10.9. The lowest BCUT2D eigenvalue weighted by atomic mass is 9.99. The highest BCUT2D eigenvalue weighted by molar-refractivity contribution is 5.47. The molecule has 1 fully saturated rings. The van der Waals surface area contributed by atoms with Gasteiger partial charge in [0.2, 0.25) is 0 Å². The molecule has 3 nitrogen and oxygen atoms in total. The highest BCUT2D eigenvalue weighted by Gasteiger charge is 2.22. The van der Waals surface area contributed by atoms with E-state index in [0.717, 1.165) is 43.3 Å². The van der Waals surface area contributed by atoms with E-state index < -0.39 is 0 Å². The van der Waals surface area contributed by atoms with Gasteiger partial charge in [0.05, 0.1) is 7.11 Å². The van der Waals surface area contributed by atoms with E-state index in [9.17, 15) is 0 Å². The lowest BCUT2D eigenvalue weighted by molar-refractivity contribution is 0.161. The second-order valence-electron chi connectivity index (χ2n) is 6.74. The second kappa shape index (κ2) is 7.87. The van der Waals surface area contributed by atoms with Crippen LogP contribution in [-0.4, -0.2) is 26.3 Å². The van der Waals surface area contributed by atoms with Gasteiger partial charge in [-0.25, -0.2) is 0 Å². The van der Waals surface area contributed by atoms with Gasteiger partial charge in [-0.2, -0.15) is 0 Å². The predicted molar refractivity (Wildman–Crippen MR) is 89.8 cm³/mol. The van der Waals surface area contributed by atoms with Crippen LogP contribution >= 0.6 is 0 Å². The third kappa shape index (κ3) is 3.95. The van der Waals surface area contributed by atoms with E-state index in [2.05, 4.69) is 11.4 Å². The van der Waals surface area contributed by atoms with Crippen molar-refractivity contribution in [1.29, 1.82) is 0 Å². The molecule has 1 saturated carbocycles. The SMILES string of the molecule is COc1cccc2c1O[C@@H](CNCC1CCCCCC1)CC2. The van der Waals surface area contributed by atoms with Crippen LogP contribution in [0.3, 0.4) is 0 Å². The molecule has 3 rings (SSSR count). The third-order valence-corrected chi connectivity index (χ3v) is 5.08. The Kier molecular flexibility index (Phi) is 5.60. The minimum Gasteiger partial charge on any atom is -0.493 e. The molecule has 0 unspecified atom stereocenters. The topological polar surface area (TPSA) is 30.5 Å². The molecule has 0 aromatic heterocycles. The normalized spacial score (nSPS) is 22.5. The molecule has 122 valence electrons. The van der Waals surface area contributed by atoms with Crippen LogP contribution in [0.15, 0.2) is 18.2 Å². The van der Waals surface area contributed by atoms with Crippen molar-refractivity contribution in [2.24, 2.45) is 5.92 Å². The zero-order valence-corrected chi connectivity index (χ0v) is 13.8. The smallest absolute Gasteiger partial charge is 0.164 e. The van der Waals surface area contributed by atoms with E-state index in [0.29, 0.717) is 0 Å². The number of nitrogens with one attached hydrogen (secondary N) is 1. The Balaban J connectivity index is 1.48. The Morgan fingerprint density at radius 3 is 2.68 bits per heavy atom. The molecule has 1 heterocycles. The molecule has 0 bridgehead atoms. The number of hydrogen-bond acceptors (Lipinski definition) is 3. The molecule has 1 aromatic carbocycles. The molecule has 1 N–H and O–H groups in total. The molecule has 0 amide bonds. The van der Waals surface area contributed by atoms with E-state index >= 15 is 0 Å². The maximum absolute atomic E-state index is 6.18. The Morgan fingerprint density at radius 1 is 1.09 bits per heavy atom. The van der Waals surface area contributed by atoms with Gasteiger partial charge in [0.1, 0.15) is 6.10 Å². The molecular weight excluding hydrogens is 274 g/mol. The minimum atomic E-state index is 0.273. The fourth-order valence-corrected chi connectivity index (χ4v) is 3.75. The summed E-state index contributed by atoms with van der Waals surface area (Å²) in [5, 5.41) is 3.66. The summed E-state index contributed by atoms with van der Waals surface area (Å²) in [4.78, 5) is 0. The van der Waals surface area contributed by atoms with Crippen molar-refractivity contribution in [1.82, 2.24) is 5.32 Å². The zero-order valence-electron chi connectivity index (χ0n) is 13.8. The summed E-state index contributed by atoms with van der Waals surface area (Å²) in [7, 11) is 1.72. The van der Waals surface area contributed by atoms with Gasteiger partial charge in [0.25, 0.3) is 0 Å². The van der Waals surface area contributed by atoms with Crippen molar-refractivity contribution in [3.63, 3.8) is 0 Å². The van der Waals surface area contributed by atoms with Crippen molar-refractivity contribution in [3.05, 3.63) is 23.8 Å². The van der Waals surface area contributed by atoms with Gasteiger partial charge in [-0.3, -0.25) is 0 Å². The number of aryl methyl sites for hydroxylation is 1. The Hall–Kier alpha value is -1.22. The summed E-state index contributed by atoms with van der Waals surface area (Å²) in [6, 6.07) is 6.18. The van der Waals surface area contributed by atoms with Gasteiger partial charge >= 0.3 is 0 Å². The van der Waals surface area contributed by atoms with Crippen LogP contribution in [0.2, 0.25) is 0 Å². The van der Waals surface area contributed by atoms with Crippen molar-refractivity contribution < 1.29 is 9.47 Å². The Morgan fingerprint density at radius 2 is 1.91 bits per heavy atom. The van der Waals surface area contributed by atoms with Crippen LogP contribution in [0.25, 0.3) is 0 Å². The van der Waals surface area contributed by atoms with Crippen molar-refractivity contribution >= 4 is 0 Å². The first-order valence-electron chi connectivity index (χ1n) is 8.90. The first kappa shape index (κ1) is 15.7. The maximum Gasteiger partial charge on any atom is 0.164 e. The molecule has 0 radical (unpaired) electrons. The summed E-state index contributed by atoms with van der Waals surface area (Å²) < 4.78 is 11.6. The molecule has 1 aliphatic heterocycles. The van der Waals surface area contributed by atoms with E-state index in [-0.39, 0.29) is 6.10 Å². The molecule has 0 spiro atoms. The van der Waals surface area contributed by atoms with Crippen LogP contribution < -0.4 is 14.8 Å². The fraction of sp³-hybridized carbons (Fsp3) is 0.684. The number of hydrogen-bond donors (Lipinski definition) is 1. The third-order valence-electron chi connectivity index (χ3n) is 5.08. The molecule has 0 saturated heterocycles. The van der Waals surface area contributed by atoms with Crippen LogP contribution in [-0.2, 0) is 6.42 Å². The van der Waals surface area contributed by atoms with Gasteiger partial charge in [-0.05, 0) is 49.8 Å². The summed E-state index contributed by atoms with van der Waals surface area (Å²) in [6.45, 7) is 2.10. The van der Waals surface area contributed by atoms with Crippen LogP contribution in [0.5, 0.6) is 11.5 Å². The van der Waals surface area contributed by atoms with Gasteiger partial charge in [0.15, 0.2) is 11.5 Å². The van der Waals surface area contributed by atoms with Crippen molar-refractivity contribution in [2.75, 3.05) is 20.2 Å². The van der Waals surface area contributed by atoms with Gasteiger partial charge in [-0.1, -0.05) is 37.8 Å². The average molecular weight is 303 g/mol. The van der Waals surface area contributed by atoms with E-state index in [4.69, 9.17) is 9.47 Å². The zero-order chi connectivity index (χ0) is 15.2. The van der Waals surface area contributed by atoms with Crippen LogP contribution in [0.4, 0.5) is 0 Å². The number of ether oxygens (including phenoxy) is 2. The van der Waals surface area contributed by atoms with Gasteiger partial charge in [0, 0.05) is 6.54 Å². The molecule has 1 atom stereocenters. The van der Waals surface area contributed by atoms with Gasteiger partial charge < -0.3 is 14.8 Å². The molecule has 1 aromatic rings. The first-order valence-corrected chi connectivity index (χ1v) is 8.90. The van der Waals surface area contributed by atoms with Crippen molar-refractivity contribution in [3.8, 4) is 11.5 Å². The highest BCUT2D eigenvalue weighted by Crippen LogP contribution is 2.36. The number of methoxy groups -OCH3 is 1. The number of rotatable bonds is 5. The number of benzene rings is 1. The summed E-state index contributed by atoms with van der Waals surface area (Å²) in [5.41, 5.74) is 1.28. The average Bonchev–Trinajstić information content (AvgIpc) is 2.83. The molecule has 3 heteroatoms. The lowest BCUT2D eigenvalue weighted by Crippen LogP contribution is -2.36. The van der Waals surface area contributed by atoms with E-state index in [1.165, 1.54) is 44.1 Å². The molecule has 2 aliphatic rings. The standard InChI is InChI=1S/C19H29NO2/c1-21-18-10-6-9-16-11-12-17(22-19(16)18)14-20-13-15-7-4-2-3-5-8-15/h6,9-10,15,17,20H,2-5,7-8,11-14H2,1H3/t17-/m1/s1. The molecule has 22 heavy (non-hydrogen) atoms. The first-order chi connectivity index (χ1) is 10.9. The van der Waals surface area contributed by atoms with E-state index in [1.54, 1.807) is 7.11 Å². The largest absolute Gasteiger partial charge is 0.493 e. The van der Waals surface area contributed by atoms with Crippen LogP contribution in [0.1, 0.15) is 50.5 Å². The monoisotopic (exact) mass is 303 g/mol. The number of para-hydroxylation sites is 1. The summed E-state index contributed by atoms with van der Waals surface area (Å²) in [5.74, 6) is 2.69. The molecule has 1 aliphatic carbocycles. The van der Waals surface area contributed by atoms with E-state index in [1.807, 2.05) is 12.1 Å². The Bertz CT molecular complexity index is 452. The quantitative estimate of drug-likeness (QED) is 0.836. The predicted octanol–water partition coefficient (Wildman–Crippen LogP) is 3.95. The Labute approximate surface area is 134 Å².